The Morgan fingerprint density at radius 1 is 1.43 bits per heavy atom. The van der Waals surface area contributed by atoms with Gasteiger partial charge in [-0.1, -0.05) is 17.8 Å². The summed E-state index contributed by atoms with van der Waals surface area (Å²) in [6, 6.07) is 3.75. The van der Waals surface area contributed by atoms with Gasteiger partial charge in [-0.3, -0.25) is 0 Å². The second-order valence-electron chi connectivity index (χ2n) is 3.06. The Hall–Kier alpha value is 0.705. The summed E-state index contributed by atoms with van der Waals surface area (Å²) in [5.41, 5.74) is 1.71. The van der Waals surface area contributed by atoms with Crippen LogP contribution in [0.2, 0.25) is 0 Å². The smallest absolute Gasteiger partial charge is 0.439 e. The largest absolute Gasteiger partial charge is 1.00 e. The van der Waals surface area contributed by atoms with E-state index < -0.39 is 10.0 Å². The van der Waals surface area contributed by atoms with Gasteiger partial charge in [0.1, 0.15) is 0 Å². The molecule has 0 aliphatic carbocycles. The van der Waals surface area contributed by atoms with Crippen LogP contribution < -0.4 is 58.2 Å². The summed E-state index contributed by atoms with van der Waals surface area (Å²) in [4.78, 5) is 4.06. The molecule has 2 rings (SSSR count). The molecule has 1 aromatic rings. The van der Waals surface area contributed by atoms with Crippen LogP contribution in [0, 0.1) is 6.92 Å². The third-order valence-electron chi connectivity index (χ3n) is 1.95. The Morgan fingerprint density at radius 3 is 2.86 bits per heavy atom. The quantitative estimate of drug-likeness (QED) is 0.569. The Labute approximate surface area is 132 Å². The van der Waals surface area contributed by atoms with Crippen LogP contribution in [-0.4, -0.2) is 19.2 Å². The minimum Gasteiger partial charge on any atom is -0.439 e. The molecule has 0 radical (unpaired) electrons. The van der Waals surface area contributed by atoms with E-state index in [1.165, 1.54) is 0 Å². The molecule has 6 heteroatoms. The molecule has 2 heterocycles. The van der Waals surface area contributed by atoms with Gasteiger partial charge in [-0.2, -0.15) is 0 Å². The Balaban J connectivity index is 0.000000980. The number of hydrogen-bond donors (Lipinski definition) is 0. The first-order valence-electron chi connectivity index (χ1n) is 3.99. The molecule has 0 aromatic carbocycles. The molecule has 4 nitrogen and oxygen atoms in total. The Bertz CT molecular complexity index is 445. The van der Waals surface area contributed by atoms with Crippen molar-refractivity contribution in [2.75, 3.05) is 5.75 Å². The van der Waals surface area contributed by atoms with Gasteiger partial charge in [-0.25, -0.2) is 8.42 Å². The van der Waals surface area contributed by atoms with Crippen LogP contribution in [0.5, 0.6) is 0 Å². The fraction of sp³-hybridized carbons (Fsp3) is 0.375. The third-order valence-corrected chi connectivity index (χ3v) is 3.12. The number of fused-ring (bicyclic) bond motifs is 1. The van der Waals surface area contributed by atoms with Crippen molar-refractivity contribution in [3.63, 3.8) is 0 Å². The molecule has 0 unspecified atom stereocenters. The van der Waals surface area contributed by atoms with Gasteiger partial charge >= 0.3 is 58.2 Å². The van der Waals surface area contributed by atoms with E-state index in [9.17, 15) is 8.42 Å². The number of pyridine rings is 1. The van der Waals surface area contributed by atoms with Crippen LogP contribution >= 0.6 is 0 Å². The van der Waals surface area contributed by atoms with Crippen molar-refractivity contribution in [1.29, 1.82) is 0 Å². The van der Waals surface area contributed by atoms with Crippen LogP contribution in [0.1, 0.15) is 11.3 Å². The van der Waals surface area contributed by atoms with E-state index in [2.05, 4.69) is 9.71 Å². The zero-order valence-corrected chi connectivity index (χ0v) is 13.9. The number of nitrogens with zero attached hydrogens (tertiary/aromatic N) is 2. The molecule has 1 aliphatic heterocycles. The van der Waals surface area contributed by atoms with E-state index in [0.29, 0.717) is 12.2 Å². The Morgan fingerprint density at radius 2 is 2.14 bits per heavy atom. The van der Waals surface area contributed by atoms with Gasteiger partial charge in [-0.05, 0) is 24.7 Å². The number of rotatable bonds is 0. The van der Waals surface area contributed by atoms with E-state index in [4.69, 9.17) is 0 Å². The van der Waals surface area contributed by atoms with Crippen LogP contribution in [0.3, 0.4) is 0 Å². The molecule has 0 amide bonds. The molecule has 0 saturated carbocycles. The fourth-order valence-corrected chi connectivity index (χ4v) is 2.25. The molecule has 1 aromatic heterocycles. The van der Waals surface area contributed by atoms with E-state index >= 15 is 0 Å². The number of aromatic nitrogens is 1. The maximum Gasteiger partial charge on any atom is 1.00 e. The van der Waals surface area contributed by atoms with Gasteiger partial charge in [0.05, 0.1) is 5.75 Å². The first-order valence-corrected chi connectivity index (χ1v) is 5.60. The monoisotopic (exact) mass is 282 g/mol. The first kappa shape index (κ1) is 12.8. The Kier molecular flexibility index (Phi) is 4.28. The van der Waals surface area contributed by atoms with Gasteiger partial charge in [0, 0.05) is 0 Å². The summed E-state index contributed by atoms with van der Waals surface area (Å²) < 4.78 is 25.8. The van der Waals surface area contributed by atoms with Crippen molar-refractivity contribution in [3.05, 3.63) is 28.1 Å². The van der Waals surface area contributed by atoms with E-state index in [1.54, 1.807) is 0 Å². The van der Waals surface area contributed by atoms with Gasteiger partial charge in [0.2, 0.25) is 0 Å². The normalized spacial score (nSPS) is 17.5. The molecule has 0 saturated heterocycles. The first-order chi connectivity index (χ1) is 6.07. The van der Waals surface area contributed by atoms with Crippen LogP contribution in [0.4, 0.5) is 5.82 Å². The topological polar surface area (TPSA) is 61.1 Å². The summed E-state index contributed by atoms with van der Waals surface area (Å²) in [5.74, 6) is 0.469. The SMILES string of the molecule is Cc1ccc2c(n1)[N-]S(=O)(=O)CC2.[Rb+]. The molecule has 14 heavy (non-hydrogen) atoms. The summed E-state index contributed by atoms with van der Waals surface area (Å²) in [6.45, 7) is 1.82. The van der Waals surface area contributed by atoms with Gasteiger partial charge in [-0.15, -0.1) is 0 Å². The summed E-state index contributed by atoms with van der Waals surface area (Å²) in [6.07, 6.45) is 0.522. The van der Waals surface area contributed by atoms with Crippen LogP contribution in [-0.2, 0) is 16.4 Å². The predicted molar refractivity (Wildman–Crippen MR) is 49.5 cm³/mol. The van der Waals surface area contributed by atoms with Crippen molar-refractivity contribution in [1.82, 2.24) is 4.98 Å². The van der Waals surface area contributed by atoms with Gasteiger partial charge < -0.3 is 9.71 Å². The molecular weight excluding hydrogens is 274 g/mol. The molecule has 1 aliphatic rings. The summed E-state index contributed by atoms with van der Waals surface area (Å²) >= 11 is 0. The standard InChI is InChI=1S/C8H9N2O2S.Rb/c1-6-2-3-7-4-5-13(11,12)10-8(7)9-6;/h2-3H,4-5H2,1H3;/q-1;+1. The zero-order chi connectivity index (χ0) is 9.47. The second kappa shape index (κ2) is 4.70. The van der Waals surface area contributed by atoms with Crippen molar-refractivity contribution in [3.8, 4) is 0 Å². The minimum atomic E-state index is -3.25. The van der Waals surface area contributed by atoms with Crippen molar-refractivity contribution in [2.24, 2.45) is 0 Å². The molecular formula is C8H9N2O2RbS. The molecule has 0 N–H and O–H groups in total. The average Bonchev–Trinajstić information content (AvgIpc) is 2.01. The minimum absolute atomic E-state index is 0. The zero-order valence-electron chi connectivity index (χ0n) is 8.19. The molecule has 0 atom stereocenters. The van der Waals surface area contributed by atoms with Gasteiger partial charge in [0.25, 0.3) is 0 Å². The molecule has 0 bridgehead atoms. The van der Waals surface area contributed by atoms with Crippen molar-refractivity contribution < 1.29 is 66.6 Å². The van der Waals surface area contributed by atoms with Crippen molar-refractivity contribution >= 4 is 15.8 Å². The molecule has 0 spiro atoms. The molecule has 70 valence electrons. The fourth-order valence-electron chi connectivity index (χ4n) is 1.26. The summed E-state index contributed by atoms with van der Waals surface area (Å²) in [7, 11) is -3.25. The maximum absolute atomic E-state index is 11.1. The van der Waals surface area contributed by atoms with Crippen LogP contribution in [0.25, 0.3) is 4.72 Å². The van der Waals surface area contributed by atoms with Crippen molar-refractivity contribution in [2.45, 2.75) is 13.3 Å². The van der Waals surface area contributed by atoms with E-state index in [0.717, 1.165) is 11.3 Å². The average molecular weight is 283 g/mol. The second-order valence-corrected chi connectivity index (χ2v) is 4.82. The summed E-state index contributed by atoms with van der Waals surface area (Å²) in [5, 5.41) is 0. The predicted octanol–water partition coefficient (Wildman–Crippen LogP) is -1.71. The third kappa shape index (κ3) is 2.85. The number of hydrogen-bond acceptors (Lipinski definition) is 3. The molecule has 0 fully saturated rings. The van der Waals surface area contributed by atoms with Gasteiger partial charge in [0.15, 0.2) is 10.0 Å². The number of sulfonamides is 1. The van der Waals surface area contributed by atoms with Crippen LogP contribution in [0.15, 0.2) is 12.1 Å². The number of aryl methyl sites for hydroxylation is 2. The maximum atomic E-state index is 11.1. The van der Waals surface area contributed by atoms with E-state index in [-0.39, 0.29) is 63.9 Å². The van der Waals surface area contributed by atoms with E-state index in [1.807, 2.05) is 19.1 Å².